The van der Waals surface area contributed by atoms with Gasteiger partial charge in [-0.25, -0.2) is 4.63 Å². The lowest BCUT2D eigenvalue weighted by atomic mass is 9.80. The normalized spacial score (nSPS) is 20.1. The van der Waals surface area contributed by atoms with Crippen LogP contribution in [0.1, 0.15) is 61.5 Å². The van der Waals surface area contributed by atoms with E-state index in [-0.39, 0.29) is 24.4 Å². The lowest BCUT2D eigenvalue weighted by Crippen LogP contribution is -2.51. The van der Waals surface area contributed by atoms with Crippen molar-refractivity contribution >= 4 is 11.8 Å². The minimum absolute atomic E-state index is 0.102. The Kier molecular flexibility index (Phi) is 5.29. The summed E-state index contributed by atoms with van der Waals surface area (Å²) in [5.74, 6) is -0.236. The minimum Gasteiger partial charge on any atom is -0.350 e. The van der Waals surface area contributed by atoms with Gasteiger partial charge in [0.15, 0.2) is 0 Å². The van der Waals surface area contributed by atoms with E-state index in [1.165, 1.54) is 0 Å². The number of nitrogens with zero attached hydrogens (tertiary/aromatic N) is 5. The van der Waals surface area contributed by atoms with Crippen molar-refractivity contribution in [3.05, 3.63) is 29.3 Å². The van der Waals surface area contributed by atoms with Crippen LogP contribution < -0.4 is 5.32 Å². The van der Waals surface area contributed by atoms with Crippen LogP contribution in [0.25, 0.3) is 0 Å². The number of rotatable bonds is 5. The minimum atomic E-state index is -0.653. The van der Waals surface area contributed by atoms with Crippen molar-refractivity contribution in [2.45, 2.75) is 53.1 Å². The molecule has 27 heavy (non-hydrogen) atoms. The van der Waals surface area contributed by atoms with E-state index in [2.05, 4.69) is 25.4 Å². The Hall–Kier alpha value is -2.71. The van der Waals surface area contributed by atoms with Crippen LogP contribution in [0.3, 0.4) is 0 Å². The molecule has 146 valence electrons. The zero-order chi connectivity index (χ0) is 19.6. The molecule has 0 unspecified atom stereocenters. The van der Waals surface area contributed by atoms with Gasteiger partial charge in [-0.15, -0.1) is 0 Å². The average molecular weight is 374 g/mol. The summed E-state index contributed by atoms with van der Waals surface area (Å²) in [4.78, 5) is 27.3. The summed E-state index contributed by atoms with van der Waals surface area (Å²) in [7, 11) is 0. The van der Waals surface area contributed by atoms with Crippen molar-refractivity contribution in [1.82, 2.24) is 30.3 Å². The van der Waals surface area contributed by atoms with Gasteiger partial charge < -0.3 is 10.2 Å². The van der Waals surface area contributed by atoms with E-state index < -0.39 is 5.41 Å². The van der Waals surface area contributed by atoms with E-state index in [4.69, 9.17) is 0 Å². The lowest BCUT2D eigenvalue weighted by molar-refractivity contribution is -0.132. The van der Waals surface area contributed by atoms with E-state index in [1.807, 2.05) is 27.0 Å². The van der Waals surface area contributed by atoms with Crippen LogP contribution in [0.2, 0.25) is 0 Å². The van der Waals surface area contributed by atoms with E-state index in [9.17, 15) is 9.59 Å². The van der Waals surface area contributed by atoms with Crippen LogP contribution in [-0.4, -0.2) is 49.9 Å². The number of piperidine rings is 1. The predicted molar refractivity (Wildman–Crippen MR) is 96.7 cm³/mol. The summed E-state index contributed by atoms with van der Waals surface area (Å²) in [5.41, 5.74) is 1.02. The molecule has 1 saturated heterocycles. The quantitative estimate of drug-likeness (QED) is 0.854. The maximum atomic E-state index is 12.8. The third-order valence-corrected chi connectivity index (χ3v) is 5.05. The first-order valence-corrected chi connectivity index (χ1v) is 9.21. The topological polar surface area (TPSA) is 106 Å². The molecule has 0 spiro atoms. The summed E-state index contributed by atoms with van der Waals surface area (Å²) in [5, 5.41) is 14.7. The summed E-state index contributed by atoms with van der Waals surface area (Å²) < 4.78 is 6.41. The molecule has 1 aliphatic heterocycles. The van der Waals surface area contributed by atoms with Crippen LogP contribution >= 0.6 is 0 Å². The second kappa shape index (κ2) is 7.50. The molecule has 2 aromatic rings. The first-order valence-electron chi connectivity index (χ1n) is 9.21. The van der Waals surface area contributed by atoms with Gasteiger partial charge in [0.25, 0.3) is 5.91 Å². The molecule has 0 aliphatic carbocycles. The smallest absolute Gasteiger partial charge is 0.274 e. The van der Waals surface area contributed by atoms with Gasteiger partial charge in [-0.3, -0.25) is 14.3 Å². The molecule has 1 fully saturated rings. The van der Waals surface area contributed by atoms with E-state index in [0.29, 0.717) is 30.2 Å². The van der Waals surface area contributed by atoms with Crippen molar-refractivity contribution in [1.29, 1.82) is 0 Å². The summed E-state index contributed by atoms with van der Waals surface area (Å²) in [6.07, 6.45) is 3.30. The number of amides is 2. The summed E-state index contributed by atoms with van der Waals surface area (Å²) in [6.45, 7) is 8.94. The SMILES string of the molecule is Cc1nonc1CNC(=O)[C@@]1(C)CCCN(C(=O)c2ccn(C(C)C)n2)C1. The number of hydrogen-bond acceptors (Lipinski definition) is 6. The highest BCUT2D eigenvalue weighted by Crippen LogP contribution is 2.30. The Labute approximate surface area is 158 Å². The number of carbonyl (C=O) groups is 2. The molecule has 3 heterocycles. The van der Waals surface area contributed by atoms with Crippen LogP contribution in [0.15, 0.2) is 16.9 Å². The molecule has 0 radical (unpaired) electrons. The molecular weight excluding hydrogens is 348 g/mol. The molecular formula is C18H26N6O3. The molecule has 2 amide bonds. The van der Waals surface area contributed by atoms with Crippen molar-refractivity contribution in [2.75, 3.05) is 13.1 Å². The van der Waals surface area contributed by atoms with Crippen LogP contribution in [0.5, 0.6) is 0 Å². The Morgan fingerprint density at radius 1 is 1.37 bits per heavy atom. The van der Waals surface area contributed by atoms with Crippen LogP contribution in [-0.2, 0) is 11.3 Å². The zero-order valence-electron chi connectivity index (χ0n) is 16.2. The first-order chi connectivity index (χ1) is 12.8. The molecule has 1 aliphatic rings. The van der Waals surface area contributed by atoms with Crippen molar-refractivity contribution in [3.63, 3.8) is 0 Å². The van der Waals surface area contributed by atoms with Gasteiger partial charge in [0.05, 0.1) is 12.0 Å². The highest BCUT2D eigenvalue weighted by atomic mass is 16.6. The summed E-state index contributed by atoms with van der Waals surface area (Å²) >= 11 is 0. The molecule has 3 rings (SSSR count). The van der Waals surface area contributed by atoms with Gasteiger partial charge in [0.1, 0.15) is 17.1 Å². The first kappa shape index (κ1) is 19.1. The molecule has 9 nitrogen and oxygen atoms in total. The highest BCUT2D eigenvalue weighted by Gasteiger charge is 2.39. The number of aromatic nitrogens is 4. The van der Waals surface area contributed by atoms with Crippen LogP contribution in [0, 0.1) is 12.3 Å². The number of likely N-dealkylation sites (tertiary alicyclic amines) is 1. The van der Waals surface area contributed by atoms with Gasteiger partial charge in [-0.05, 0) is 46.6 Å². The van der Waals surface area contributed by atoms with E-state index in [0.717, 1.165) is 12.8 Å². The molecule has 1 N–H and O–H groups in total. The Morgan fingerprint density at radius 3 is 2.78 bits per heavy atom. The molecule has 2 aromatic heterocycles. The predicted octanol–water partition coefficient (Wildman–Crippen LogP) is 1.71. The fraction of sp³-hybridized carbons (Fsp3) is 0.611. The lowest BCUT2D eigenvalue weighted by Gasteiger charge is -2.39. The summed E-state index contributed by atoms with van der Waals surface area (Å²) in [6, 6.07) is 1.92. The second-order valence-corrected chi connectivity index (χ2v) is 7.64. The molecule has 0 saturated carbocycles. The maximum Gasteiger partial charge on any atom is 0.274 e. The third kappa shape index (κ3) is 4.01. The van der Waals surface area contributed by atoms with Gasteiger partial charge in [0.2, 0.25) is 5.91 Å². The Bertz CT molecular complexity index is 827. The van der Waals surface area contributed by atoms with Crippen LogP contribution in [0.4, 0.5) is 0 Å². The van der Waals surface area contributed by atoms with E-state index >= 15 is 0 Å². The second-order valence-electron chi connectivity index (χ2n) is 7.64. The average Bonchev–Trinajstić information content (AvgIpc) is 3.28. The number of carbonyl (C=O) groups excluding carboxylic acids is 2. The molecule has 0 bridgehead atoms. The Morgan fingerprint density at radius 2 is 2.15 bits per heavy atom. The number of nitrogens with one attached hydrogen (secondary N) is 1. The monoisotopic (exact) mass is 374 g/mol. The fourth-order valence-electron chi connectivity index (χ4n) is 3.29. The third-order valence-electron chi connectivity index (χ3n) is 5.05. The Balaban J connectivity index is 1.65. The van der Waals surface area contributed by atoms with Gasteiger partial charge >= 0.3 is 0 Å². The standard InChI is InChI=1S/C18H26N6O3/c1-12(2)24-9-6-14(20-24)16(25)23-8-5-7-18(4,11-23)17(26)19-10-15-13(3)21-27-22-15/h6,9,12H,5,7-8,10-11H2,1-4H3,(H,19,26)/t18-/m0/s1. The molecule has 0 aromatic carbocycles. The van der Waals surface area contributed by atoms with Crippen molar-refractivity contribution in [2.24, 2.45) is 5.41 Å². The largest absolute Gasteiger partial charge is 0.350 e. The molecule has 1 atom stereocenters. The van der Waals surface area contributed by atoms with E-state index in [1.54, 1.807) is 22.6 Å². The number of aryl methyl sites for hydroxylation is 1. The van der Waals surface area contributed by atoms with Gasteiger partial charge in [-0.2, -0.15) is 5.10 Å². The van der Waals surface area contributed by atoms with Gasteiger partial charge in [-0.1, -0.05) is 10.3 Å². The van der Waals surface area contributed by atoms with Crippen molar-refractivity contribution < 1.29 is 14.2 Å². The maximum absolute atomic E-state index is 12.8. The fourth-order valence-corrected chi connectivity index (χ4v) is 3.29. The number of hydrogen-bond donors (Lipinski definition) is 1. The zero-order valence-corrected chi connectivity index (χ0v) is 16.2. The van der Waals surface area contributed by atoms with Gasteiger partial charge in [0, 0.05) is 25.3 Å². The van der Waals surface area contributed by atoms with Crippen molar-refractivity contribution in [3.8, 4) is 0 Å². The highest BCUT2D eigenvalue weighted by molar-refractivity contribution is 5.93. The molecule has 9 heteroatoms.